The number of hydrogen-bond donors (Lipinski definition) is 1. The maximum atomic E-state index is 13.8. The van der Waals surface area contributed by atoms with Crippen LogP contribution in [-0.4, -0.2) is 39.5 Å². The summed E-state index contributed by atoms with van der Waals surface area (Å²) < 4.78 is 45.2. The first-order valence-electron chi connectivity index (χ1n) is 6.49. The predicted octanol–water partition coefficient (Wildman–Crippen LogP) is 1.45. The highest BCUT2D eigenvalue weighted by Gasteiger charge is 2.32. The van der Waals surface area contributed by atoms with Crippen LogP contribution in [-0.2, 0) is 14.8 Å². The lowest BCUT2D eigenvalue weighted by Gasteiger charge is -2.31. The lowest BCUT2D eigenvalue weighted by Crippen LogP contribution is -2.41. The third kappa shape index (κ3) is 3.11. The zero-order valence-electron chi connectivity index (χ0n) is 11.4. The normalized spacial score (nSPS) is 21.0. The second-order valence-electron chi connectivity index (χ2n) is 5.02. The van der Waals surface area contributed by atoms with Crippen molar-refractivity contribution in [3.8, 4) is 0 Å². The monoisotopic (exact) mass is 302 g/mol. The summed E-state index contributed by atoms with van der Waals surface area (Å²) in [6.07, 6.45) is 1.67. The Labute approximate surface area is 118 Å². The number of halogens is 1. The van der Waals surface area contributed by atoms with Crippen molar-refractivity contribution >= 4 is 15.7 Å². The van der Waals surface area contributed by atoms with Crippen molar-refractivity contribution in [2.45, 2.75) is 17.7 Å². The van der Waals surface area contributed by atoms with Gasteiger partial charge in [-0.3, -0.25) is 0 Å². The molecule has 0 aromatic heterocycles. The minimum absolute atomic E-state index is 0.153. The molecule has 2 N–H and O–H groups in total. The van der Waals surface area contributed by atoms with E-state index in [0.29, 0.717) is 19.7 Å². The van der Waals surface area contributed by atoms with E-state index < -0.39 is 15.8 Å². The molecule has 1 heterocycles. The van der Waals surface area contributed by atoms with Crippen molar-refractivity contribution in [2.24, 2.45) is 5.92 Å². The van der Waals surface area contributed by atoms with Gasteiger partial charge in [0.2, 0.25) is 10.0 Å². The van der Waals surface area contributed by atoms with E-state index >= 15 is 0 Å². The quantitative estimate of drug-likeness (QED) is 0.855. The highest BCUT2D eigenvalue weighted by molar-refractivity contribution is 7.89. The second kappa shape index (κ2) is 6.07. The molecule has 1 atom stereocenters. The number of methoxy groups -OCH3 is 1. The van der Waals surface area contributed by atoms with Crippen molar-refractivity contribution in [1.82, 2.24) is 4.31 Å². The van der Waals surface area contributed by atoms with Gasteiger partial charge in [0.1, 0.15) is 10.7 Å². The molecule has 0 aliphatic carbocycles. The summed E-state index contributed by atoms with van der Waals surface area (Å²) in [5.74, 6) is -0.653. The first kappa shape index (κ1) is 15.2. The highest BCUT2D eigenvalue weighted by atomic mass is 32.2. The van der Waals surface area contributed by atoms with Gasteiger partial charge in [-0.2, -0.15) is 4.31 Å². The van der Waals surface area contributed by atoms with E-state index in [0.717, 1.165) is 18.9 Å². The predicted molar refractivity (Wildman–Crippen MR) is 74.2 cm³/mol. The number of nitrogen functional groups attached to an aromatic ring is 1. The number of nitrogens with zero attached hydrogens (tertiary/aromatic N) is 1. The summed E-state index contributed by atoms with van der Waals surface area (Å²) in [6.45, 7) is 1.28. The fourth-order valence-corrected chi connectivity index (χ4v) is 4.08. The van der Waals surface area contributed by atoms with Crippen LogP contribution >= 0.6 is 0 Å². The summed E-state index contributed by atoms with van der Waals surface area (Å²) in [7, 11) is -2.22. The van der Waals surface area contributed by atoms with Crippen LogP contribution in [0.3, 0.4) is 0 Å². The molecule has 1 aliphatic heterocycles. The molecule has 1 unspecified atom stereocenters. The molecular weight excluding hydrogens is 283 g/mol. The Balaban J connectivity index is 2.25. The van der Waals surface area contributed by atoms with Gasteiger partial charge in [0.25, 0.3) is 0 Å². The molecular formula is C13H19FN2O3S. The summed E-state index contributed by atoms with van der Waals surface area (Å²) >= 11 is 0. The van der Waals surface area contributed by atoms with Gasteiger partial charge in [-0.15, -0.1) is 0 Å². The van der Waals surface area contributed by atoms with Crippen molar-refractivity contribution in [1.29, 1.82) is 0 Å². The van der Waals surface area contributed by atoms with Crippen LogP contribution in [0.4, 0.5) is 10.1 Å². The van der Waals surface area contributed by atoms with Crippen LogP contribution in [0.1, 0.15) is 12.8 Å². The van der Waals surface area contributed by atoms with Gasteiger partial charge in [-0.05, 0) is 37.0 Å². The number of nitrogens with two attached hydrogens (primary N) is 1. The summed E-state index contributed by atoms with van der Waals surface area (Å²) in [5, 5.41) is 0. The Morgan fingerprint density at radius 1 is 1.50 bits per heavy atom. The van der Waals surface area contributed by atoms with Crippen LogP contribution in [0.2, 0.25) is 0 Å². The van der Waals surface area contributed by atoms with E-state index in [1.165, 1.54) is 16.4 Å². The maximum absolute atomic E-state index is 13.8. The highest BCUT2D eigenvalue weighted by Crippen LogP contribution is 2.26. The van der Waals surface area contributed by atoms with Crippen LogP contribution in [0.15, 0.2) is 23.1 Å². The van der Waals surface area contributed by atoms with E-state index in [1.54, 1.807) is 7.11 Å². The molecule has 1 saturated heterocycles. The maximum Gasteiger partial charge on any atom is 0.245 e. The standard InChI is InChI=1S/C13H19FN2O3S/c1-19-9-10-3-2-6-16(8-10)20(17,18)13-5-4-11(15)7-12(13)14/h4-5,7,10H,2-3,6,8-9,15H2,1H3. The van der Waals surface area contributed by atoms with E-state index in [4.69, 9.17) is 10.5 Å². The number of anilines is 1. The number of ether oxygens (including phenoxy) is 1. The molecule has 0 saturated carbocycles. The molecule has 1 aliphatic rings. The Hall–Kier alpha value is -1.18. The van der Waals surface area contributed by atoms with E-state index in [-0.39, 0.29) is 16.5 Å². The first-order chi connectivity index (χ1) is 9.45. The van der Waals surface area contributed by atoms with Crippen LogP contribution in [0.25, 0.3) is 0 Å². The molecule has 0 spiro atoms. The molecule has 0 bridgehead atoms. The Bertz CT molecular complexity index is 575. The largest absolute Gasteiger partial charge is 0.399 e. The van der Waals surface area contributed by atoms with Gasteiger partial charge in [-0.1, -0.05) is 0 Å². The SMILES string of the molecule is COCC1CCCN(S(=O)(=O)c2ccc(N)cc2F)C1. The third-order valence-corrected chi connectivity index (χ3v) is 5.36. The lowest BCUT2D eigenvalue weighted by molar-refractivity contribution is 0.118. The third-order valence-electron chi connectivity index (χ3n) is 3.46. The molecule has 20 heavy (non-hydrogen) atoms. The number of rotatable bonds is 4. The van der Waals surface area contributed by atoms with Crippen molar-refractivity contribution in [3.05, 3.63) is 24.0 Å². The molecule has 0 radical (unpaired) electrons. The fraction of sp³-hybridized carbons (Fsp3) is 0.538. The summed E-state index contributed by atoms with van der Waals surface area (Å²) in [5.41, 5.74) is 5.65. The first-order valence-corrected chi connectivity index (χ1v) is 7.93. The van der Waals surface area contributed by atoms with Crippen LogP contribution in [0, 0.1) is 11.7 Å². The minimum atomic E-state index is -3.81. The van der Waals surface area contributed by atoms with Crippen molar-refractivity contribution < 1.29 is 17.5 Å². The number of sulfonamides is 1. The van der Waals surface area contributed by atoms with Crippen LogP contribution < -0.4 is 5.73 Å². The second-order valence-corrected chi connectivity index (χ2v) is 6.92. The fourth-order valence-electron chi connectivity index (χ4n) is 2.48. The lowest BCUT2D eigenvalue weighted by atomic mass is 10.0. The molecule has 1 aromatic carbocycles. The Morgan fingerprint density at radius 3 is 2.90 bits per heavy atom. The number of piperidine rings is 1. The van der Waals surface area contributed by atoms with E-state index in [2.05, 4.69) is 0 Å². The molecule has 1 fully saturated rings. The summed E-state index contributed by atoms with van der Waals surface area (Å²) in [4.78, 5) is -0.315. The van der Waals surface area contributed by atoms with Crippen LogP contribution in [0.5, 0.6) is 0 Å². The molecule has 0 amide bonds. The molecule has 5 nitrogen and oxygen atoms in total. The van der Waals surface area contributed by atoms with Gasteiger partial charge in [-0.25, -0.2) is 12.8 Å². The topological polar surface area (TPSA) is 72.6 Å². The van der Waals surface area contributed by atoms with Gasteiger partial charge in [0, 0.05) is 25.9 Å². The minimum Gasteiger partial charge on any atom is -0.399 e. The van der Waals surface area contributed by atoms with Crippen molar-refractivity contribution in [3.63, 3.8) is 0 Å². The zero-order valence-corrected chi connectivity index (χ0v) is 12.2. The smallest absolute Gasteiger partial charge is 0.245 e. The van der Waals surface area contributed by atoms with Crippen molar-refractivity contribution in [2.75, 3.05) is 32.5 Å². The molecule has 1 aromatic rings. The van der Waals surface area contributed by atoms with E-state index in [9.17, 15) is 12.8 Å². The molecule has 7 heteroatoms. The average molecular weight is 302 g/mol. The number of hydrogen-bond acceptors (Lipinski definition) is 4. The van der Waals surface area contributed by atoms with Gasteiger partial charge in [0.05, 0.1) is 6.61 Å². The van der Waals surface area contributed by atoms with E-state index in [1.807, 2.05) is 0 Å². The molecule has 2 rings (SSSR count). The van der Waals surface area contributed by atoms with Gasteiger partial charge in [0.15, 0.2) is 0 Å². The Morgan fingerprint density at radius 2 is 2.25 bits per heavy atom. The summed E-state index contributed by atoms with van der Waals surface area (Å²) in [6, 6.07) is 3.65. The average Bonchev–Trinajstić information content (AvgIpc) is 2.39. The molecule has 112 valence electrons. The number of benzene rings is 1. The van der Waals surface area contributed by atoms with Gasteiger partial charge < -0.3 is 10.5 Å². The zero-order chi connectivity index (χ0) is 14.8. The Kier molecular flexibility index (Phi) is 4.62. The van der Waals surface area contributed by atoms with Gasteiger partial charge >= 0.3 is 0 Å².